The maximum atomic E-state index is 13.9. The van der Waals surface area contributed by atoms with E-state index < -0.39 is 6.04 Å². The summed E-state index contributed by atoms with van der Waals surface area (Å²) in [5, 5.41) is 4.13. The van der Waals surface area contributed by atoms with Gasteiger partial charge in [0.25, 0.3) is 0 Å². The molecule has 36 heavy (non-hydrogen) atoms. The Balaban J connectivity index is 1.70. The van der Waals surface area contributed by atoms with Crippen molar-refractivity contribution in [2.24, 2.45) is 0 Å². The van der Waals surface area contributed by atoms with Gasteiger partial charge in [-0.25, -0.2) is 0 Å². The Labute approximate surface area is 223 Å². The summed E-state index contributed by atoms with van der Waals surface area (Å²) in [6.07, 6.45) is 4.63. The molecule has 0 saturated heterocycles. The van der Waals surface area contributed by atoms with Crippen LogP contribution < -0.4 is 5.32 Å². The van der Waals surface area contributed by atoms with Gasteiger partial charge in [-0.2, -0.15) is 0 Å². The molecule has 4 rings (SSSR count). The predicted octanol–water partition coefficient (Wildman–Crippen LogP) is 6.54. The fraction of sp³-hybridized carbons (Fsp3) is 0.333. The molecule has 3 aromatic carbocycles. The first kappa shape index (κ1) is 26.2. The maximum Gasteiger partial charge on any atom is 0.243 e. The Kier molecular flexibility index (Phi) is 9.06. The van der Waals surface area contributed by atoms with Crippen LogP contribution in [-0.2, 0) is 29.0 Å². The minimum Gasteiger partial charge on any atom is -0.352 e. The number of nitrogens with one attached hydrogen (secondary N) is 1. The molecule has 0 aliphatic heterocycles. The summed E-state index contributed by atoms with van der Waals surface area (Å²) in [6, 6.07) is 22.5. The average Bonchev–Trinajstić information content (AvgIpc) is 3.38. The maximum absolute atomic E-state index is 13.9. The quantitative estimate of drug-likeness (QED) is 0.346. The second-order valence-corrected chi connectivity index (χ2v) is 10.3. The van der Waals surface area contributed by atoms with Crippen LogP contribution in [0.25, 0.3) is 0 Å². The summed E-state index contributed by atoms with van der Waals surface area (Å²) in [7, 11) is 0. The van der Waals surface area contributed by atoms with E-state index >= 15 is 0 Å². The summed E-state index contributed by atoms with van der Waals surface area (Å²) in [5.41, 5.74) is 3.65. The zero-order valence-electron chi connectivity index (χ0n) is 20.6. The van der Waals surface area contributed by atoms with Crippen molar-refractivity contribution in [3.63, 3.8) is 0 Å². The number of carbonyl (C=O) groups is 2. The van der Waals surface area contributed by atoms with Gasteiger partial charge >= 0.3 is 0 Å². The number of rotatable bonds is 9. The lowest BCUT2D eigenvalue weighted by Gasteiger charge is -2.33. The summed E-state index contributed by atoms with van der Waals surface area (Å²) in [4.78, 5) is 29.4. The molecule has 0 bridgehead atoms. The second kappa shape index (κ2) is 12.4. The van der Waals surface area contributed by atoms with Gasteiger partial charge in [0.05, 0.1) is 6.42 Å². The highest BCUT2D eigenvalue weighted by atomic mass is 35.5. The van der Waals surface area contributed by atoms with Gasteiger partial charge in [0.1, 0.15) is 6.04 Å². The third-order valence-electron chi connectivity index (χ3n) is 6.96. The van der Waals surface area contributed by atoms with Gasteiger partial charge in [-0.3, -0.25) is 9.59 Å². The molecule has 0 radical (unpaired) electrons. The first-order chi connectivity index (χ1) is 17.4. The molecule has 188 valence electrons. The predicted molar refractivity (Wildman–Crippen MR) is 146 cm³/mol. The Morgan fingerprint density at radius 3 is 2.22 bits per heavy atom. The lowest BCUT2D eigenvalue weighted by Crippen LogP contribution is -2.52. The van der Waals surface area contributed by atoms with E-state index in [0.29, 0.717) is 28.6 Å². The van der Waals surface area contributed by atoms with Gasteiger partial charge < -0.3 is 10.2 Å². The molecule has 4 nitrogen and oxygen atoms in total. The molecular formula is C30H32Cl2N2O2. The molecule has 1 fully saturated rings. The number of nitrogens with zero attached hydrogens (tertiary/aromatic N) is 1. The summed E-state index contributed by atoms with van der Waals surface area (Å²) in [5.74, 6) is -0.298. The molecule has 0 unspecified atom stereocenters. The molecular weight excluding hydrogens is 491 g/mol. The lowest BCUT2D eigenvalue weighted by atomic mass is 10.00. The molecule has 3 aromatic rings. The van der Waals surface area contributed by atoms with Crippen molar-refractivity contribution < 1.29 is 9.59 Å². The molecule has 0 spiro atoms. The molecule has 2 amide bonds. The highest BCUT2D eigenvalue weighted by Gasteiger charge is 2.32. The number of halogens is 2. The van der Waals surface area contributed by atoms with Crippen molar-refractivity contribution in [3.8, 4) is 0 Å². The van der Waals surface area contributed by atoms with Crippen molar-refractivity contribution in [2.45, 2.75) is 64.1 Å². The standard InChI is InChI=1S/C30H32Cl2N2O2/c1-21-10-5-6-13-23(21)20-34(29(35)19-25-26(31)16-9-17-27(25)32)28(18-22-11-3-2-4-12-22)30(36)33-24-14-7-8-15-24/h2-6,9-13,16-17,24,28H,7-8,14-15,18-20H2,1H3,(H,33,36)/t28-/m0/s1. The largest absolute Gasteiger partial charge is 0.352 e. The van der Waals surface area contributed by atoms with Gasteiger partial charge in [-0.15, -0.1) is 0 Å². The van der Waals surface area contributed by atoms with E-state index in [9.17, 15) is 9.59 Å². The summed E-state index contributed by atoms with van der Waals surface area (Å²) in [6.45, 7) is 2.34. The van der Waals surface area contributed by atoms with Crippen LogP contribution >= 0.6 is 23.2 Å². The number of hydrogen-bond donors (Lipinski definition) is 1. The highest BCUT2D eigenvalue weighted by Crippen LogP contribution is 2.27. The summed E-state index contributed by atoms with van der Waals surface area (Å²) >= 11 is 12.8. The Bertz CT molecular complexity index is 1170. The van der Waals surface area contributed by atoms with Crippen molar-refractivity contribution in [3.05, 3.63) is 105 Å². The van der Waals surface area contributed by atoms with Gasteiger partial charge in [-0.05, 0) is 54.2 Å². The molecule has 1 atom stereocenters. The van der Waals surface area contributed by atoms with E-state index in [2.05, 4.69) is 5.32 Å². The minimum atomic E-state index is -0.665. The van der Waals surface area contributed by atoms with Crippen molar-refractivity contribution in [2.75, 3.05) is 0 Å². The molecule has 1 N–H and O–H groups in total. The zero-order valence-corrected chi connectivity index (χ0v) is 22.1. The SMILES string of the molecule is Cc1ccccc1CN(C(=O)Cc1c(Cl)cccc1Cl)[C@@H](Cc1ccccc1)C(=O)NC1CCCC1. The highest BCUT2D eigenvalue weighted by molar-refractivity contribution is 6.36. The van der Waals surface area contributed by atoms with Crippen LogP contribution in [0, 0.1) is 6.92 Å². The van der Waals surface area contributed by atoms with Crippen LogP contribution in [-0.4, -0.2) is 28.8 Å². The van der Waals surface area contributed by atoms with E-state index in [1.54, 1.807) is 23.1 Å². The molecule has 1 aliphatic carbocycles. The Hall–Kier alpha value is -2.82. The second-order valence-electron chi connectivity index (χ2n) is 9.52. The number of aryl methyl sites for hydroxylation is 1. The first-order valence-electron chi connectivity index (χ1n) is 12.5. The molecule has 1 aliphatic rings. The third kappa shape index (κ3) is 6.68. The van der Waals surface area contributed by atoms with E-state index in [4.69, 9.17) is 23.2 Å². The van der Waals surface area contributed by atoms with Crippen molar-refractivity contribution in [1.29, 1.82) is 0 Å². The summed E-state index contributed by atoms with van der Waals surface area (Å²) < 4.78 is 0. The zero-order chi connectivity index (χ0) is 25.5. The van der Waals surface area contributed by atoms with Crippen LogP contribution in [0.15, 0.2) is 72.8 Å². The fourth-order valence-electron chi connectivity index (χ4n) is 4.85. The van der Waals surface area contributed by atoms with Gasteiger partial charge in [0, 0.05) is 29.1 Å². The Morgan fingerprint density at radius 1 is 0.917 bits per heavy atom. The smallest absolute Gasteiger partial charge is 0.243 e. The van der Waals surface area contributed by atoms with E-state index in [1.165, 1.54) is 0 Å². The van der Waals surface area contributed by atoms with Crippen molar-refractivity contribution >= 4 is 35.0 Å². The van der Waals surface area contributed by atoms with E-state index in [1.807, 2.05) is 61.5 Å². The molecule has 0 heterocycles. The van der Waals surface area contributed by atoms with Crippen LogP contribution in [0.4, 0.5) is 0 Å². The first-order valence-corrected chi connectivity index (χ1v) is 13.3. The monoisotopic (exact) mass is 522 g/mol. The normalized spacial score (nSPS) is 14.4. The third-order valence-corrected chi connectivity index (χ3v) is 7.67. The molecule has 0 aromatic heterocycles. The van der Waals surface area contributed by atoms with E-state index in [0.717, 1.165) is 42.4 Å². The Morgan fingerprint density at radius 2 is 1.56 bits per heavy atom. The van der Waals surface area contributed by atoms with Crippen LogP contribution in [0.2, 0.25) is 10.0 Å². The number of hydrogen-bond acceptors (Lipinski definition) is 2. The van der Waals surface area contributed by atoms with Crippen molar-refractivity contribution in [1.82, 2.24) is 10.2 Å². The van der Waals surface area contributed by atoms with Gasteiger partial charge in [0.15, 0.2) is 0 Å². The topological polar surface area (TPSA) is 49.4 Å². The van der Waals surface area contributed by atoms with Crippen LogP contribution in [0.1, 0.15) is 47.9 Å². The van der Waals surface area contributed by atoms with E-state index in [-0.39, 0.29) is 24.3 Å². The minimum absolute atomic E-state index is 0.0202. The average molecular weight is 524 g/mol. The van der Waals surface area contributed by atoms with Gasteiger partial charge in [0.2, 0.25) is 11.8 Å². The van der Waals surface area contributed by atoms with Crippen LogP contribution in [0.5, 0.6) is 0 Å². The van der Waals surface area contributed by atoms with Gasteiger partial charge in [-0.1, -0.05) is 96.7 Å². The number of amides is 2. The number of carbonyl (C=O) groups excluding carboxylic acids is 2. The molecule has 6 heteroatoms. The van der Waals surface area contributed by atoms with Crippen LogP contribution in [0.3, 0.4) is 0 Å². The fourth-order valence-corrected chi connectivity index (χ4v) is 5.38. The number of benzene rings is 3. The molecule has 1 saturated carbocycles. The lowest BCUT2D eigenvalue weighted by molar-refractivity contribution is -0.141.